The lowest BCUT2D eigenvalue weighted by Gasteiger charge is -2.11. The van der Waals surface area contributed by atoms with E-state index in [-0.39, 0.29) is 0 Å². The van der Waals surface area contributed by atoms with Crippen LogP contribution in [0.15, 0.2) is 133 Å². The summed E-state index contributed by atoms with van der Waals surface area (Å²) in [5.74, 6) is 0.972. The van der Waals surface area contributed by atoms with Gasteiger partial charge in [0, 0.05) is 26.7 Å². The van der Waals surface area contributed by atoms with E-state index in [9.17, 15) is 0 Å². The summed E-state index contributed by atoms with van der Waals surface area (Å²) in [5.41, 5.74) is 9.25. The maximum absolute atomic E-state index is 5.13. The highest BCUT2D eigenvalue weighted by Crippen LogP contribution is 2.38. The topological polar surface area (TPSA) is 17.8 Å². The van der Waals surface area contributed by atoms with Gasteiger partial charge < -0.3 is 0 Å². The molecule has 7 rings (SSSR count). The Hall–Kier alpha value is -4.47. The summed E-state index contributed by atoms with van der Waals surface area (Å²) in [6.45, 7) is 0. The van der Waals surface area contributed by atoms with E-state index in [0.29, 0.717) is 0 Å². The van der Waals surface area contributed by atoms with Gasteiger partial charge in [0.05, 0.1) is 11.0 Å². The molecule has 5 aromatic carbocycles. The molecule has 2 nitrogen and oxygen atoms in total. The molecule has 0 amide bonds. The maximum atomic E-state index is 5.13. The lowest BCUT2D eigenvalue weighted by molar-refractivity contribution is 1.11. The van der Waals surface area contributed by atoms with E-state index in [0.717, 1.165) is 28.1 Å². The van der Waals surface area contributed by atoms with Gasteiger partial charge in [-0.1, -0.05) is 91.0 Å². The van der Waals surface area contributed by atoms with E-state index in [1.807, 2.05) is 0 Å². The van der Waals surface area contributed by atoms with Gasteiger partial charge in [0.2, 0.25) is 0 Å². The number of nitrogens with zero attached hydrogens (tertiary/aromatic N) is 2. The third-order valence-corrected chi connectivity index (χ3v) is 7.68. The smallest absolute Gasteiger partial charge is 0.147 e. The van der Waals surface area contributed by atoms with E-state index in [4.69, 9.17) is 4.98 Å². The minimum atomic E-state index is 0.972. The predicted octanol–water partition coefficient (Wildman–Crippen LogP) is 9.24. The number of hydrogen-bond donors (Lipinski definition) is 0. The Bertz CT molecular complexity index is 1810. The average Bonchev–Trinajstić information content (AvgIpc) is 3.55. The van der Waals surface area contributed by atoms with Gasteiger partial charge in [-0.3, -0.25) is 4.57 Å². The summed E-state index contributed by atoms with van der Waals surface area (Å²) in [6, 6.07) is 45.0. The van der Waals surface area contributed by atoms with E-state index in [1.54, 1.807) is 11.3 Å². The third-order valence-electron chi connectivity index (χ3n) is 6.71. The summed E-state index contributed by atoms with van der Waals surface area (Å²) in [5, 5.41) is 3.48. The summed E-state index contributed by atoms with van der Waals surface area (Å²) in [4.78, 5) is 5.13. The highest BCUT2D eigenvalue weighted by atomic mass is 32.1. The molecule has 0 radical (unpaired) electrons. The van der Waals surface area contributed by atoms with Crippen LogP contribution in [0.25, 0.3) is 60.4 Å². The van der Waals surface area contributed by atoms with Crippen LogP contribution in [0.3, 0.4) is 0 Å². The fourth-order valence-electron chi connectivity index (χ4n) is 4.91. The van der Waals surface area contributed by atoms with Gasteiger partial charge in [-0.25, -0.2) is 4.98 Å². The van der Waals surface area contributed by atoms with Gasteiger partial charge in [0.1, 0.15) is 5.82 Å². The molecule has 0 fully saturated rings. The summed E-state index contributed by atoms with van der Waals surface area (Å²) in [6.07, 6.45) is 0. The SMILES string of the molecule is c1ccc(-c2ccc(-n3c(-c4csc5ccc(-c6ccccc6)cc45)nc4ccccc43)cc2)cc1. The molecule has 0 saturated heterocycles. The van der Waals surface area contributed by atoms with Crippen molar-refractivity contribution in [3.8, 4) is 39.3 Å². The van der Waals surface area contributed by atoms with Crippen molar-refractivity contribution in [2.45, 2.75) is 0 Å². The molecule has 0 atom stereocenters. The molecular formula is C33H22N2S. The second kappa shape index (κ2) is 8.63. The molecule has 2 heterocycles. The first-order valence-electron chi connectivity index (χ1n) is 12.1. The first kappa shape index (κ1) is 20.9. The van der Waals surface area contributed by atoms with Crippen LogP contribution < -0.4 is 0 Å². The molecular weight excluding hydrogens is 456 g/mol. The molecule has 0 aliphatic heterocycles. The Labute approximate surface area is 213 Å². The number of hydrogen-bond acceptors (Lipinski definition) is 2. The van der Waals surface area contributed by atoms with Crippen molar-refractivity contribution in [1.82, 2.24) is 9.55 Å². The van der Waals surface area contributed by atoms with Crippen molar-refractivity contribution in [3.63, 3.8) is 0 Å². The van der Waals surface area contributed by atoms with Crippen LogP contribution in [-0.2, 0) is 0 Å². The molecule has 0 saturated carbocycles. The Kier molecular flexibility index (Phi) is 5.00. The van der Waals surface area contributed by atoms with Crippen molar-refractivity contribution in [2.24, 2.45) is 0 Å². The van der Waals surface area contributed by atoms with Crippen LogP contribution in [0.4, 0.5) is 0 Å². The lowest BCUT2D eigenvalue weighted by Crippen LogP contribution is -1.97. The Morgan fingerprint density at radius 2 is 1.17 bits per heavy atom. The molecule has 3 heteroatoms. The highest BCUT2D eigenvalue weighted by molar-refractivity contribution is 7.17. The number of fused-ring (bicyclic) bond motifs is 2. The Balaban J connectivity index is 1.41. The zero-order chi connectivity index (χ0) is 23.9. The van der Waals surface area contributed by atoms with Crippen LogP contribution >= 0.6 is 11.3 Å². The minimum absolute atomic E-state index is 0.972. The van der Waals surface area contributed by atoms with Gasteiger partial charge >= 0.3 is 0 Å². The molecule has 0 spiro atoms. The lowest BCUT2D eigenvalue weighted by atomic mass is 10.0. The first-order valence-corrected chi connectivity index (χ1v) is 12.9. The molecule has 170 valence electrons. The number of rotatable bonds is 4. The molecule has 7 aromatic rings. The molecule has 0 unspecified atom stereocenters. The first-order chi connectivity index (χ1) is 17.8. The second-order valence-corrected chi connectivity index (χ2v) is 9.81. The van der Waals surface area contributed by atoms with Gasteiger partial charge in [0.15, 0.2) is 0 Å². The minimum Gasteiger partial charge on any atom is -0.292 e. The van der Waals surface area contributed by atoms with Crippen molar-refractivity contribution in [1.29, 1.82) is 0 Å². The number of aromatic nitrogens is 2. The average molecular weight is 479 g/mol. The molecule has 0 aliphatic carbocycles. The van der Waals surface area contributed by atoms with E-state index < -0.39 is 0 Å². The Morgan fingerprint density at radius 3 is 1.92 bits per heavy atom. The Morgan fingerprint density at radius 1 is 0.556 bits per heavy atom. The second-order valence-electron chi connectivity index (χ2n) is 8.90. The molecule has 36 heavy (non-hydrogen) atoms. The molecule has 0 N–H and O–H groups in total. The molecule has 0 aliphatic rings. The fraction of sp³-hybridized carbons (Fsp3) is 0. The quantitative estimate of drug-likeness (QED) is 0.246. The van der Waals surface area contributed by atoms with Crippen LogP contribution in [0.1, 0.15) is 0 Å². The van der Waals surface area contributed by atoms with Crippen molar-refractivity contribution >= 4 is 32.5 Å². The van der Waals surface area contributed by atoms with E-state index in [1.165, 1.54) is 32.3 Å². The largest absolute Gasteiger partial charge is 0.292 e. The van der Waals surface area contributed by atoms with Crippen LogP contribution in [-0.4, -0.2) is 9.55 Å². The maximum Gasteiger partial charge on any atom is 0.147 e. The third kappa shape index (κ3) is 3.53. The monoisotopic (exact) mass is 478 g/mol. The summed E-state index contributed by atoms with van der Waals surface area (Å²) >= 11 is 1.77. The fourth-order valence-corrected chi connectivity index (χ4v) is 5.83. The van der Waals surface area contributed by atoms with Crippen molar-refractivity contribution in [3.05, 3.63) is 133 Å². The summed E-state index contributed by atoms with van der Waals surface area (Å²) < 4.78 is 3.56. The van der Waals surface area contributed by atoms with Crippen LogP contribution in [0, 0.1) is 0 Å². The molecule has 0 bridgehead atoms. The van der Waals surface area contributed by atoms with Gasteiger partial charge in [0.25, 0.3) is 0 Å². The van der Waals surface area contributed by atoms with Gasteiger partial charge in [-0.2, -0.15) is 0 Å². The summed E-state index contributed by atoms with van der Waals surface area (Å²) in [7, 11) is 0. The standard InChI is InChI=1S/C33H22N2S/c1-3-9-23(10-4-1)25-15-18-27(19-16-25)35-31-14-8-7-13-30(31)34-33(35)29-22-36-32-20-17-26(21-28(29)32)24-11-5-2-6-12-24/h1-22H. The van der Waals surface area contributed by atoms with Gasteiger partial charge in [-0.15, -0.1) is 11.3 Å². The zero-order valence-electron chi connectivity index (χ0n) is 19.5. The normalized spacial score (nSPS) is 11.3. The van der Waals surface area contributed by atoms with Crippen LogP contribution in [0.2, 0.25) is 0 Å². The predicted molar refractivity (Wildman–Crippen MR) is 153 cm³/mol. The number of para-hydroxylation sites is 2. The van der Waals surface area contributed by atoms with E-state index in [2.05, 4.69) is 137 Å². The number of thiophene rings is 1. The van der Waals surface area contributed by atoms with Crippen molar-refractivity contribution in [2.75, 3.05) is 0 Å². The highest BCUT2D eigenvalue weighted by Gasteiger charge is 2.18. The van der Waals surface area contributed by atoms with Crippen LogP contribution in [0.5, 0.6) is 0 Å². The van der Waals surface area contributed by atoms with Crippen molar-refractivity contribution < 1.29 is 0 Å². The van der Waals surface area contributed by atoms with Gasteiger partial charge in [-0.05, 0) is 58.7 Å². The number of imidazole rings is 1. The molecule has 2 aromatic heterocycles. The number of benzene rings is 5. The van der Waals surface area contributed by atoms with E-state index >= 15 is 0 Å². The zero-order valence-corrected chi connectivity index (χ0v) is 20.3.